The number of benzene rings is 3. The minimum Gasteiger partial charge on any atom is -0.508 e. The lowest BCUT2D eigenvalue weighted by Gasteiger charge is -2.27. The third kappa shape index (κ3) is 4.25. The van der Waals surface area contributed by atoms with Gasteiger partial charge in [-0.2, -0.15) is 0 Å². The lowest BCUT2D eigenvalue weighted by Crippen LogP contribution is -2.10. The van der Waals surface area contributed by atoms with Crippen molar-refractivity contribution in [1.29, 1.82) is 0 Å². The molecule has 3 aromatic rings. The highest BCUT2D eigenvalue weighted by Crippen LogP contribution is 2.50. The summed E-state index contributed by atoms with van der Waals surface area (Å²) in [5.41, 5.74) is 0.875. The van der Waals surface area contributed by atoms with Gasteiger partial charge in [-0.25, -0.2) is 0 Å². The van der Waals surface area contributed by atoms with Crippen molar-refractivity contribution in [3.63, 3.8) is 0 Å². The fourth-order valence-corrected chi connectivity index (χ4v) is 4.06. The van der Waals surface area contributed by atoms with E-state index >= 15 is 0 Å². The van der Waals surface area contributed by atoms with Gasteiger partial charge in [0.1, 0.15) is 11.5 Å². The van der Waals surface area contributed by atoms with Gasteiger partial charge in [-0.15, -0.1) is 0 Å². The first-order valence-corrected chi connectivity index (χ1v) is 10.1. The van der Waals surface area contributed by atoms with Crippen molar-refractivity contribution in [3.05, 3.63) is 59.2 Å². The topological polar surface area (TPSA) is 162 Å². The molecule has 32 heavy (non-hydrogen) atoms. The molecule has 1 unspecified atom stereocenters. The third-order valence-corrected chi connectivity index (χ3v) is 5.68. The molecule has 0 heterocycles. The zero-order valence-corrected chi connectivity index (χ0v) is 17.4. The van der Waals surface area contributed by atoms with E-state index in [0.717, 1.165) is 6.42 Å². The number of hydrogen-bond acceptors (Lipinski definition) is 8. The first-order chi connectivity index (χ1) is 15.1. The van der Waals surface area contributed by atoms with Crippen molar-refractivity contribution in [3.8, 4) is 46.0 Å². The van der Waals surface area contributed by atoms with Crippen LogP contribution in [-0.2, 0) is 0 Å². The lowest BCUT2D eigenvalue weighted by molar-refractivity contribution is 0.356. The molecule has 0 spiro atoms. The van der Waals surface area contributed by atoms with Gasteiger partial charge in [-0.05, 0) is 42.5 Å². The number of aromatic hydroxyl groups is 8. The Hall–Kier alpha value is -3.94. The zero-order chi connectivity index (χ0) is 23.6. The van der Waals surface area contributed by atoms with Gasteiger partial charge >= 0.3 is 0 Å². The van der Waals surface area contributed by atoms with E-state index in [-0.39, 0.29) is 35.0 Å². The van der Waals surface area contributed by atoms with Gasteiger partial charge in [0.15, 0.2) is 23.0 Å². The highest BCUT2D eigenvalue weighted by Gasteiger charge is 2.29. The summed E-state index contributed by atoms with van der Waals surface area (Å²) in [5, 5.41) is 80.7. The predicted molar refractivity (Wildman–Crippen MR) is 117 cm³/mol. The van der Waals surface area contributed by atoms with Crippen LogP contribution in [0.3, 0.4) is 0 Å². The van der Waals surface area contributed by atoms with Gasteiger partial charge in [0, 0.05) is 23.1 Å². The molecule has 0 radical (unpaired) electrons. The quantitative estimate of drug-likeness (QED) is 0.249. The maximum absolute atomic E-state index is 10.5. The van der Waals surface area contributed by atoms with Crippen LogP contribution < -0.4 is 0 Å². The molecule has 8 heteroatoms. The van der Waals surface area contributed by atoms with E-state index in [4.69, 9.17) is 0 Å². The van der Waals surface area contributed by atoms with Crippen molar-refractivity contribution in [2.24, 2.45) is 0 Å². The van der Waals surface area contributed by atoms with Crippen LogP contribution in [0.4, 0.5) is 0 Å². The maximum Gasteiger partial charge on any atom is 0.200 e. The van der Waals surface area contributed by atoms with E-state index < -0.39 is 40.4 Å². The first kappa shape index (κ1) is 22.7. The molecule has 8 N–H and O–H groups in total. The van der Waals surface area contributed by atoms with Crippen LogP contribution in [0.15, 0.2) is 42.5 Å². The van der Waals surface area contributed by atoms with E-state index in [9.17, 15) is 40.9 Å². The summed E-state index contributed by atoms with van der Waals surface area (Å²) in [6.45, 7) is 1.95. The van der Waals surface area contributed by atoms with Gasteiger partial charge in [-0.1, -0.05) is 31.5 Å². The SMILES string of the molecule is CCCC(CC(c1ccc(O)c(O)c1O)c1ccc(O)c(O)c1O)c1ccc(O)cc1O. The average molecular weight is 442 g/mol. The van der Waals surface area contributed by atoms with Crippen LogP contribution in [0.5, 0.6) is 46.0 Å². The predicted octanol–water partition coefficient (Wildman–Crippen LogP) is 4.44. The molecular weight excluding hydrogens is 416 g/mol. The van der Waals surface area contributed by atoms with Crippen molar-refractivity contribution in [2.75, 3.05) is 0 Å². The minimum atomic E-state index is -0.808. The van der Waals surface area contributed by atoms with Crippen LogP contribution in [-0.4, -0.2) is 40.9 Å². The summed E-state index contributed by atoms with van der Waals surface area (Å²) >= 11 is 0. The highest BCUT2D eigenvalue weighted by molar-refractivity contribution is 5.60. The Morgan fingerprint density at radius 2 is 1.09 bits per heavy atom. The van der Waals surface area contributed by atoms with Gasteiger partial charge in [-0.3, -0.25) is 0 Å². The van der Waals surface area contributed by atoms with Gasteiger partial charge in [0.25, 0.3) is 0 Å². The van der Waals surface area contributed by atoms with E-state index in [1.807, 2.05) is 6.92 Å². The summed E-state index contributed by atoms with van der Waals surface area (Å²) in [4.78, 5) is 0. The highest BCUT2D eigenvalue weighted by atomic mass is 16.3. The minimum absolute atomic E-state index is 0.0970. The van der Waals surface area contributed by atoms with Crippen LogP contribution in [0.2, 0.25) is 0 Å². The Morgan fingerprint density at radius 3 is 1.56 bits per heavy atom. The fourth-order valence-electron chi connectivity index (χ4n) is 4.06. The van der Waals surface area contributed by atoms with Crippen molar-refractivity contribution < 1.29 is 40.9 Å². The molecule has 170 valence electrons. The van der Waals surface area contributed by atoms with Crippen molar-refractivity contribution >= 4 is 0 Å². The van der Waals surface area contributed by atoms with E-state index in [1.54, 1.807) is 6.07 Å². The number of phenols is 8. The Bertz CT molecular complexity index is 1070. The van der Waals surface area contributed by atoms with E-state index in [2.05, 4.69) is 0 Å². The van der Waals surface area contributed by atoms with Crippen molar-refractivity contribution in [1.82, 2.24) is 0 Å². The number of phenolic OH excluding ortho intramolecular Hbond substituents is 8. The zero-order valence-electron chi connectivity index (χ0n) is 17.4. The molecular formula is C24H26O8. The summed E-state index contributed by atoms with van der Waals surface area (Å²) in [7, 11) is 0. The third-order valence-electron chi connectivity index (χ3n) is 5.68. The molecule has 0 bridgehead atoms. The molecule has 0 saturated carbocycles. The Morgan fingerprint density at radius 1 is 0.594 bits per heavy atom. The molecule has 0 aliphatic carbocycles. The summed E-state index contributed by atoms with van der Waals surface area (Å²) in [6.07, 6.45) is 1.55. The van der Waals surface area contributed by atoms with Crippen molar-refractivity contribution in [2.45, 2.75) is 38.0 Å². The second kappa shape index (κ2) is 9.05. The molecule has 0 aromatic heterocycles. The van der Waals surface area contributed by atoms with Gasteiger partial charge < -0.3 is 40.9 Å². The molecule has 0 aliphatic heterocycles. The number of rotatable bonds is 7. The molecule has 0 aliphatic rings. The second-order valence-corrected chi connectivity index (χ2v) is 7.76. The van der Waals surface area contributed by atoms with E-state index in [0.29, 0.717) is 12.0 Å². The molecule has 8 nitrogen and oxygen atoms in total. The normalized spacial score (nSPS) is 12.2. The molecule has 0 fully saturated rings. The smallest absolute Gasteiger partial charge is 0.200 e. The maximum atomic E-state index is 10.5. The molecule has 0 saturated heterocycles. The molecule has 0 amide bonds. The number of hydrogen-bond donors (Lipinski definition) is 8. The molecule has 3 rings (SSSR count). The summed E-state index contributed by atoms with van der Waals surface area (Å²) in [6, 6.07) is 9.42. The Balaban J connectivity index is 2.18. The van der Waals surface area contributed by atoms with Crippen LogP contribution in [0.1, 0.15) is 54.7 Å². The van der Waals surface area contributed by atoms with Crippen LogP contribution >= 0.6 is 0 Å². The van der Waals surface area contributed by atoms with Gasteiger partial charge in [0.2, 0.25) is 11.5 Å². The Kier molecular flexibility index (Phi) is 6.43. The largest absolute Gasteiger partial charge is 0.508 e. The Labute approximate surface area is 184 Å². The standard InChI is InChI=1S/C24H26O8/c1-2-3-12(14-5-4-13(25)11-20(14)28)10-17(15-6-8-18(26)23(31)21(15)29)16-7-9-19(27)24(32)22(16)30/h4-9,11-12,17,25-32H,2-3,10H2,1H3. The lowest BCUT2D eigenvalue weighted by atomic mass is 9.78. The van der Waals surface area contributed by atoms with Crippen LogP contribution in [0.25, 0.3) is 0 Å². The summed E-state index contributed by atoms with van der Waals surface area (Å²) < 4.78 is 0. The monoisotopic (exact) mass is 442 g/mol. The van der Waals surface area contributed by atoms with Gasteiger partial charge in [0.05, 0.1) is 0 Å². The fraction of sp³-hybridized carbons (Fsp3) is 0.250. The molecule has 3 aromatic carbocycles. The molecule has 1 atom stereocenters. The second-order valence-electron chi connectivity index (χ2n) is 7.76. The first-order valence-electron chi connectivity index (χ1n) is 10.1. The van der Waals surface area contributed by atoms with Crippen LogP contribution in [0, 0.1) is 0 Å². The summed E-state index contributed by atoms with van der Waals surface area (Å²) in [5.74, 6) is -5.01. The average Bonchev–Trinajstić information content (AvgIpc) is 2.75. The van der Waals surface area contributed by atoms with E-state index in [1.165, 1.54) is 36.4 Å².